The van der Waals surface area contributed by atoms with Gasteiger partial charge in [0.05, 0.1) is 16.7 Å². The van der Waals surface area contributed by atoms with Crippen molar-refractivity contribution >= 4 is 27.5 Å². The zero-order valence-electron chi connectivity index (χ0n) is 13.0. The largest absolute Gasteiger partial charge is 0.464 e. The molecular formula is C14H13F3N2O4S2. The number of hydrogen-bond acceptors (Lipinski definition) is 5. The number of hydrogen-bond donors (Lipinski definition) is 1. The summed E-state index contributed by atoms with van der Waals surface area (Å²) in [7, 11) is -5.00. The summed E-state index contributed by atoms with van der Waals surface area (Å²) in [6, 6.07) is 0.171. The van der Waals surface area contributed by atoms with Gasteiger partial charge in [0.1, 0.15) is 10.7 Å². The molecule has 25 heavy (non-hydrogen) atoms. The summed E-state index contributed by atoms with van der Waals surface area (Å²) < 4.78 is 65.6. The second kappa shape index (κ2) is 6.64. The maximum absolute atomic E-state index is 13.9. The fourth-order valence-corrected chi connectivity index (χ4v) is 4.56. The lowest BCUT2D eigenvalue weighted by Gasteiger charge is -2.35. The van der Waals surface area contributed by atoms with Crippen LogP contribution < -0.4 is 0 Å². The first kappa shape index (κ1) is 19.2. The van der Waals surface area contributed by atoms with E-state index in [-0.39, 0.29) is 22.9 Å². The number of rotatable bonds is 5. The molecular weight excluding hydrogens is 381 g/mol. The van der Waals surface area contributed by atoms with Gasteiger partial charge in [0, 0.05) is 23.9 Å². The van der Waals surface area contributed by atoms with Crippen LogP contribution in [0, 0.1) is 17.5 Å². The summed E-state index contributed by atoms with van der Waals surface area (Å²) in [6.45, 7) is 2.60. The minimum atomic E-state index is -5.00. The van der Waals surface area contributed by atoms with E-state index in [4.69, 9.17) is 0 Å². The third-order valence-corrected chi connectivity index (χ3v) is 5.95. The summed E-state index contributed by atoms with van der Waals surface area (Å²) in [5, 5.41) is 11.0. The maximum atomic E-state index is 13.9. The summed E-state index contributed by atoms with van der Waals surface area (Å²) >= 11 is 1.23. The highest BCUT2D eigenvalue weighted by atomic mass is 32.2. The molecule has 6 nitrogen and oxygen atoms in total. The lowest BCUT2D eigenvalue weighted by Crippen LogP contribution is -2.52. The van der Waals surface area contributed by atoms with Crippen molar-refractivity contribution in [2.45, 2.75) is 30.7 Å². The van der Waals surface area contributed by atoms with Gasteiger partial charge in [-0.3, -0.25) is 0 Å². The Hall–Kier alpha value is -2.14. The summed E-state index contributed by atoms with van der Waals surface area (Å²) in [5.74, 6) is -4.78. The smallest absolute Gasteiger partial charge is 0.421 e. The van der Waals surface area contributed by atoms with Gasteiger partial charge in [-0.1, -0.05) is 0 Å². The van der Waals surface area contributed by atoms with Crippen molar-refractivity contribution in [1.29, 1.82) is 0 Å². The SMILES string of the molecule is CC(C)(Cc1cscn1)N(C(=O)O)S(=O)(=O)c1cc(F)c(F)cc1F. The summed E-state index contributed by atoms with van der Waals surface area (Å²) in [5.41, 5.74) is 0.359. The number of sulfonamides is 1. The molecule has 2 aromatic rings. The van der Waals surface area contributed by atoms with Crippen LogP contribution in [-0.2, 0) is 16.4 Å². The zero-order valence-corrected chi connectivity index (χ0v) is 14.7. The van der Waals surface area contributed by atoms with Crippen molar-refractivity contribution < 1.29 is 31.5 Å². The molecule has 0 aliphatic heterocycles. The van der Waals surface area contributed by atoms with Crippen LogP contribution in [0.25, 0.3) is 0 Å². The molecule has 0 fully saturated rings. The van der Waals surface area contributed by atoms with Crippen molar-refractivity contribution in [1.82, 2.24) is 9.29 Å². The van der Waals surface area contributed by atoms with Gasteiger partial charge >= 0.3 is 6.09 Å². The maximum Gasteiger partial charge on any atom is 0.421 e. The van der Waals surface area contributed by atoms with E-state index in [2.05, 4.69) is 4.98 Å². The molecule has 0 aliphatic carbocycles. The molecule has 2 rings (SSSR count). The Labute approximate surface area is 145 Å². The normalized spacial score (nSPS) is 12.2. The average Bonchev–Trinajstić information content (AvgIpc) is 2.93. The first-order valence-corrected chi connectivity index (χ1v) is 9.15. The van der Waals surface area contributed by atoms with E-state index in [1.54, 1.807) is 5.38 Å². The third-order valence-electron chi connectivity index (χ3n) is 3.31. The van der Waals surface area contributed by atoms with Gasteiger partial charge in [0.25, 0.3) is 10.0 Å². The van der Waals surface area contributed by atoms with E-state index in [0.29, 0.717) is 5.69 Å². The lowest BCUT2D eigenvalue weighted by molar-refractivity contribution is 0.140. The Bertz CT molecular complexity index is 899. The van der Waals surface area contributed by atoms with Gasteiger partial charge < -0.3 is 5.11 Å². The number of nitrogens with zero attached hydrogens (tertiary/aromatic N) is 2. The van der Waals surface area contributed by atoms with E-state index in [1.165, 1.54) is 30.7 Å². The van der Waals surface area contributed by atoms with E-state index >= 15 is 0 Å². The van der Waals surface area contributed by atoms with Crippen molar-refractivity contribution in [3.8, 4) is 0 Å². The average molecular weight is 394 g/mol. The monoisotopic (exact) mass is 394 g/mol. The molecule has 1 aromatic carbocycles. The quantitative estimate of drug-likeness (QED) is 0.787. The Morgan fingerprint density at radius 3 is 2.36 bits per heavy atom. The Morgan fingerprint density at radius 2 is 1.84 bits per heavy atom. The predicted molar refractivity (Wildman–Crippen MR) is 83.3 cm³/mol. The van der Waals surface area contributed by atoms with Crippen molar-refractivity contribution in [3.63, 3.8) is 0 Å². The highest BCUT2D eigenvalue weighted by Gasteiger charge is 2.43. The Morgan fingerprint density at radius 1 is 1.24 bits per heavy atom. The van der Waals surface area contributed by atoms with E-state index in [0.717, 1.165) is 0 Å². The van der Waals surface area contributed by atoms with Gasteiger partial charge in [0.2, 0.25) is 0 Å². The molecule has 1 heterocycles. The van der Waals surface area contributed by atoms with Gasteiger partial charge in [-0.05, 0) is 13.8 Å². The number of aromatic nitrogens is 1. The molecule has 0 atom stereocenters. The van der Waals surface area contributed by atoms with E-state index in [9.17, 15) is 31.5 Å². The summed E-state index contributed by atoms with van der Waals surface area (Å²) in [4.78, 5) is 14.3. The van der Waals surface area contributed by atoms with Gasteiger partial charge in [-0.2, -0.15) is 4.31 Å². The second-order valence-corrected chi connectivity index (χ2v) is 8.19. The number of benzene rings is 1. The second-order valence-electron chi connectivity index (χ2n) is 5.72. The van der Waals surface area contributed by atoms with Gasteiger partial charge in [-0.25, -0.2) is 31.4 Å². The van der Waals surface area contributed by atoms with E-state index in [1.807, 2.05) is 0 Å². The zero-order chi connectivity index (χ0) is 19.0. The molecule has 0 aliphatic rings. The van der Waals surface area contributed by atoms with Crippen LogP contribution in [0.5, 0.6) is 0 Å². The van der Waals surface area contributed by atoms with Crippen molar-refractivity contribution in [2.75, 3.05) is 0 Å². The Kier molecular flexibility index (Phi) is 5.09. The minimum absolute atomic E-state index is 0.0229. The molecule has 0 saturated heterocycles. The van der Waals surface area contributed by atoms with E-state index < -0.39 is 44.0 Å². The predicted octanol–water partition coefficient (Wildman–Crippen LogP) is 3.25. The molecule has 0 saturated carbocycles. The molecule has 0 spiro atoms. The first-order valence-electron chi connectivity index (χ1n) is 6.77. The Balaban J connectivity index is 2.56. The number of amides is 1. The molecule has 0 unspecified atom stereocenters. The standard InChI is InChI=1S/C14H13F3N2O4S2/c1-14(2,5-8-6-24-7-18-8)19(13(20)21)25(22,23)12-4-10(16)9(15)3-11(12)17/h3-4,6-7H,5H2,1-2H3,(H,20,21). The number of halogens is 3. The van der Waals surface area contributed by atoms with Gasteiger partial charge in [-0.15, -0.1) is 11.3 Å². The molecule has 11 heteroatoms. The van der Waals surface area contributed by atoms with Crippen molar-refractivity contribution in [3.05, 3.63) is 46.2 Å². The number of carbonyl (C=O) groups is 1. The molecule has 0 bridgehead atoms. The fraction of sp³-hybridized carbons (Fsp3) is 0.286. The molecule has 1 amide bonds. The third kappa shape index (κ3) is 3.76. The lowest BCUT2D eigenvalue weighted by atomic mass is 9.99. The highest BCUT2D eigenvalue weighted by molar-refractivity contribution is 7.89. The topological polar surface area (TPSA) is 87.6 Å². The van der Waals surface area contributed by atoms with Crippen LogP contribution in [0.3, 0.4) is 0 Å². The fourth-order valence-electron chi connectivity index (χ4n) is 2.33. The number of carboxylic acid groups (broad SMARTS) is 1. The molecule has 0 radical (unpaired) electrons. The number of thiazole rings is 1. The van der Waals surface area contributed by atoms with Crippen LogP contribution in [0.4, 0.5) is 18.0 Å². The first-order chi connectivity index (χ1) is 11.5. The molecule has 1 N–H and O–H groups in total. The molecule has 136 valence electrons. The van der Waals surface area contributed by atoms with Crippen molar-refractivity contribution in [2.24, 2.45) is 0 Å². The summed E-state index contributed by atoms with van der Waals surface area (Å²) in [6.07, 6.45) is -1.97. The van der Waals surface area contributed by atoms with Crippen LogP contribution in [0.2, 0.25) is 0 Å². The van der Waals surface area contributed by atoms with Crippen LogP contribution in [-0.4, -0.2) is 34.4 Å². The molecule has 1 aromatic heterocycles. The van der Waals surface area contributed by atoms with Crippen LogP contribution >= 0.6 is 11.3 Å². The van der Waals surface area contributed by atoms with Crippen LogP contribution in [0.1, 0.15) is 19.5 Å². The van der Waals surface area contributed by atoms with Crippen LogP contribution in [0.15, 0.2) is 27.9 Å². The minimum Gasteiger partial charge on any atom is -0.464 e. The highest BCUT2D eigenvalue weighted by Crippen LogP contribution is 2.30. The van der Waals surface area contributed by atoms with Gasteiger partial charge in [0.15, 0.2) is 11.6 Å².